The van der Waals surface area contributed by atoms with Crippen LogP contribution in [-0.2, 0) is 29.2 Å². The van der Waals surface area contributed by atoms with Crippen molar-refractivity contribution >= 4 is 15.7 Å². The summed E-state index contributed by atoms with van der Waals surface area (Å²) in [5, 5.41) is 0. The minimum atomic E-state index is -3.07. The van der Waals surface area contributed by atoms with Gasteiger partial charge in [-0.25, -0.2) is 8.42 Å². The van der Waals surface area contributed by atoms with E-state index >= 15 is 0 Å². The SMILES string of the molecule is O=C(c1cccc2c1CCC2)N(Cc1cccnc1)C1CCS(=O)(=O)C1. The number of hydrogen-bond acceptors (Lipinski definition) is 4. The number of pyridine rings is 1. The first kappa shape index (κ1) is 17.2. The van der Waals surface area contributed by atoms with Gasteiger partial charge in [0.2, 0.25) is 0 Å². The molecule has 5 nitrogen and oxygen atoms in total. The van der Waals surface area contributed by atoms with Crippen LogP contribution >= 0.6 is 0 Å². The van der Waals surface area contributed by atoms with Crippen molar-refractivity contribution in [2.75, 3.05) is 11.5 Å². The van der Waals surface area contributed by atoms with Gasteiger partial charge in [0.15, 0.2) is 9.84 Å². The Bertz CT molecular complexity index is 925. The number of hydrogen-bond donors (Lipinski definition) is 0. The normalized spacial score (nSPS) is 20.7. The van der Waals surface area contributed by atoms with Gasteiger partial charge in [0, 0.05) is 30.5 Å². The second kappa shape index (κ2) is 6.83. The molecule has 2 heterocycles. The Morgan fingerprint density at radius 1 is 1.19 bits per heavy atom. The molecule has 2 aliphatic rings. The van der Waals surface area contributed by atoms with Crippen molar-refractivity contribution in [3.63, 3.8) is 0 Å². The molecule has 1 atom stereocenters. The van der Waals surface area contributed by atoms with Crippen LogP contribution < -0.4 is 0 Å². The summed E-state index contributed by atoms with van der Waals surface area (Å²) in [6, 6.07) is 9.39. The van der Waals surface area contributed by atoms with E-state index in [-0.39, 0.29) is 23.5 Å². The molecule has 1 aromatic heterocycles. The highest BCUT2D eigenvalue weighted by Crippen LogP contribution is 2.28. The Balaban J connectivity index is 1.68. The van der Waals surface area contributed by atoms with Gasteiger partial charge in [-0.2, -0.15) is 0 Å². The average molecular weight is 370 g/mol. The Labute approximate surface area is 154 Å². The van der Waals surface area contributed by atoms with Crippen LogP contribution in [0.3, 0.4) is 0 Å². The molecule has 26 heavy (non-hydrogen) atoms. The van der Waals surface area contributed by atoms with Crippen LogP contribution in [0, 0.1) is 0 Å². The molecule has 6 heteroatoms. The molecule has 1 aromatic carbocycles. The zero-order chi connectivity index (χ0) is 18.1. The highest BCUT2D eigenvalue weighted by Gasteiger charge is 2.36. The second-order valence-electron chi connectivity index (χ2n) is 7.15. The molecule has 4 rings (SSSR count). The molecule has 1 unspecified atom stereocenters. The highest BCUT2D eigenvalue weighted by atomic mass is 32.2. The lowest BCUT2D eigenvalue weighted by molar-refractivity contribution is 0.0679. The summed E-state index contributed by atoms with van der Waals surface area (Å²) in [6.07, 6.45) is 6.93. The van der Waals surface area contributed by atoms with Crippen molar-refractivity contribution in [1.29, 1.82) is 0 Å². The standard InChI is InChI=1S/C20H22N2O3S/c23-20(19-8-2-6-16-5-1-7-18(16)19)22(13-15-4-3-10-21-12-15)17-9-11-26(24,25)14-17/h2-4,6,8,10,12,17H,1,5,7,9,11,13-14H2. The van der Waals surface area contributed by atoms with E-state index in [9.17, 15) is 13.2 Å². The third-order valence-electron chi connectivity index (χ3n) is 5.36. The number of benzene rings is 1. The van der Waals surface area contributed by atoms with E-state index in [0.29, 0.717) is 13.0 Å². The smallest absolute Gasteiger partial charge is 0.254 e. The van der Waals surface area contributed by atoms with Crippen LogP contribution in [0.1, 0.15) is 39.9 Å². The first-order valence-electron chi connectivity index (χ1n) is 9.04. The summed E-state index contributed by atoms with van der Waals surface area (Å²) >= 11 is 0. The number of amides is 1. The maximum Gasteiger partial charge on any atom is 0.254 e. The number of nitrogens with zero attached hydrogens (tertiary/aromatic N) is 2. The summed E-state index contributed by atoms with van der Waals surface area (Å²) in [4.78, 5) is 19.3. The monoisotopic (exact) mass is 370 g/mol. The lowest BCUT2D eigenvalue weighted by Gasteiger charge is -2.29. The largest absolute Gasteiger partial charge is 0.330 e. The summed E-state index contributed by atoms with van der Waals surface area (Å²) in [5.74, 6) is 0.143. The molecule has 2 aromatic rings. The predicted molar refractivity (Wildman–Crippen MR) is 99.6 cm³/mol. The molecule has 0 radical (unpaired) electrons. The molecule has 1 fully saturated rings. The van der Waals surface area contributed by atoms with E-state index in [2.05, 4.69) is 11.1 Å². The second-order valence-corrected chi connectivity index (χ2v) is 9.38. The van der Waals surface area contributed by atoms with Gasteiger partial charge in [0.05, 0.1) is 11.5 Å². The van der Waals surface area contributed by atoms with E-state index in [0.717, 1.165) is 36.0 Å². The van der Waals surface area contributed by atoms with Gasteiger partial charge in [0.25, 0.3) is 5.91 Å². The van der Waals surface area contributed by atoms with Crippen LogP contribution in [-0.4, -0.2) is 41.8 Å². The molecule has 1 amide bonds. The predicted octanol–water partition coefficient (Wildman–Crippen LogP) is 2.40. The van der Waals surface area contributed by atoms with E-state index in [1.54, 1.807) is 17.3 Å². The van der Waals surface area contributed by atoms with Crippen molar-refractivity contribution in [3.05, 3.63) is 65.0 Å². The lowest BCUT2D eigenvalue weighted by Crippen LogP contribution is -2.41. The zero-order valence-electron chi connectivity index (χ0n) is 14.6. The van der Waals surface area contributed by atoms with Crippen LogP contribution in [0.25, 0.3) is 0 Å². The molecule has 0 spiro atoms. The van der Waals surface area contributed by atoms with Gasteiger partial charge in [-0.15, -0.1) is 0 Å². The number of carbonyl (C=O) groups excluding carboxylic acids is 1. The van der Waals surface area contributed by atoms with Gasteiger partial charge in [-0.05, 0) is 54.5 Å². The first-order valence-corrected chi connectivity index (χ1v) is 10.9. The van der Waals surface area contributed by atoms with Crippen LogP contribution in [0.2, 0.25) is 0 Å². The molecular weight excluding hydrogens is 348 g/mol. The average Bonchev–Trinajstić information content (AvgIpc) is 3.25. The van der Waals surface area contributed by atoms with Gasteiger partial charge in [0.1, 0.15) is 0 Å². The van der Waals surface area contributed by atoms with Crippen LogP contribution in [0.15, 0.2) is 42.7 Å². The molecule has 1 saturated heterocycles. The summed E-state index contributed by atoms with van der Waals surface area (Å²) in [7, 11) is -3.07. The number of aryl methyl sites for hydroxylation is 1. The molecule has 0 bridgehead atoms. The van der Waals surface area contributed by atoms with Crippen LogP contribution in [0.4, 0.5) is 0 Å². The summed E-state index contributed by atoms with van der Waals surface area (Å²) in [6.45, 7) is 0.385. The van der Waals surface area contributed by atoms with Crippen molar-refractivity contribution in [2.24, 2.45) is 0 Å². The Hall–Kier alpha value is -2.21. The minimum absolute atomic E-state index is 0.0496. The Kier molecular flexibility index (Phi) is 4.53. The Morgan fingerprint density at radius 3 is 2.81 bits per heavy atom. The van der Waals surface area contributed by atoms with Crippen molar-refractivity contribution in [1.82, 2.24) is 9.88 Å². The number of rotatable bonds is 4. The third-order valence-corrected chi connectivity index (χ3v) is 7.11. The fraction of sp³-hybridized carbons (Fsp3) is 0.400. The van der Waals surface area contributed by atoms with Gasteiger partial charge >= 0.3 is 0 Å². The van der Waals surface area contributed by atoms with Gasteiger partial charge in [-0.3, -0.25) is 9.78 Å². The Morgan fingerprint density at radius 2 is 2.08 bits per heavy atom. The van der Waals surface area contributed by atoms with E-state index in [1.807, 2.05) is 24.3 Å². The number of aromatic nitrogens is 1. The zero-order valence-corrected chi connectivity index (χ0v) is 15.4. The maximum absolute atomic E-state index is 13.4. The van der Waals surface area contributed by atoms with Crippen molar-refractivity contribution in [2.45, 2.75) is 38.3 Å². The van der Waals surface area contributed by atoms with E-state index in [1.165, 1.54) is 5.56 Å². The number of carbonyl (C=O) groups is 1. The molecular formula is C20H22N2O3S. The molecule has 136 valence electrons. The first-order chi connectivity index (χ1) is 12.5. The van der Waals surface area contributed by atoms with E-state index < -0.39 is 9.84 Å². The summed E-state index contributed by atoms with van der Waals surface area (Å²) in [5.41, 5.74) is 4.02. The lowest BCUT2D eigenvalue weighted by atomic mass is 10.0. The van der Waals surface area contributed by atoms with Gasteiger partial charge < -0.3 is 4.90 Å². The maximum atomic E-state index is 13.4. The fourth-order valence-corrected chi connectivity index (χ4v) is 5.78. The van der Waals surface area contributed by atoms with Gasteiger partial charge in [-0.1, -0.05) is 18.2 Å². The topological polar surface area (TPSA) is 67.3 Å². The van der Waals surface area contributed by atoms with Crippen molar-refractivity contribution < 1.29 is 13.2 Å². The molecule has 1 aliphatic heterocycles. The number of sulfone groups is 1. The quantitative estimate of drug-likeness (QED) is 0.829. The fourth-order valence-electron chi connectivity index (χ4n) is 4.05. The molecule has 0 N–H and O–H groups in total. The summed E-state index contributed by atoms with van der Waals surface area (Å²) < 4.78 is 24.0. The van der Waals surface area contributed by atoms with Crippen LogP contribution in [0.5, 0.6) is 0 Å². The molecule has 1 aliphatic carbocycles. The van der Waals surface area contributed by atoms with Crippen molar-refractivity contribution in [3.8, 4) is 0 Å². The number of fused-ring (bicyclic) bond motifs is 1. The third kappa shape index (κ3) is 3.38. The van der Waals surface area contributed by atoms with E-state index in [4.69, 9.17) is 0 Å². The minimum Gasteiger partial charge on any atom is -0.330 e. The molecule has 0 saturated carbocycles. The highest BCUT2D eigenvalue weighted by molar-refractivity contribution is 7.91.